The van der Waals surface area contributed by atoms with E-state index < -0.39 is 11.4 Å². The van der Waals surface area contributed by atoms with Crippen molar-refractivity contribution in [2.75, 3.05) is 5.32 Å². The molecule has 2 aromatic carbocycles. The number of rotatable bonds is 3. The molecule has 0 amide bonds. The summed E-state index contributed by atoms with van der Waals surface area (Å²) in [6.07, 6.45) is 0. The van der Waals surface area contributed by atoms with Crippen LogP contribution in [-0.2, 0) is 7.05 Å². The highest BCUT2D eigenvalue weighted by Gasteiger charge is 2.16. The molecule has 1 heterocycles. The number of hydrogen-bond donors (Lipinski definition) is 1. The molecule has 0 bridgehead atoms. The van der Waals surface area contributed by atoms with Gasteiger partial charge in [0.15, 0.2) is 0 Å². The van der Waals surface area contributed by atoms with Crippen molar-refractivity contribution >= 4 is 11.6 Å². The zero-order chi connectivity index (χ0) is 18.0. The van der Waals surface area contributed by atoms with E-state index in [9.17, 15) is 14.4 Å². The summed E-state index contributed by atoms with van der Waals surface area (Å²) in [6, 6.07) is 15.0. The smallest absolute Gasteiger partial charge is 0.273 e. The van der Waals surface area contributed by atoms with Crippen molar-refractivity contribution in [1.29, 1.82) is 5.26 Å². The van der Waals surface area contributed by atoms with Crippen LogP contribution in [0.15, 0.2) is 53.3 Å². The first-order chi connectivity index (χ1) is 12.0. The highest BCUT2D eigenvalue weighted by molar-refractivity contribution is 5.68. The van der Waals surface area contributed by atoms with Gasteiger partial charge < -0.3 is 5.32 Å². The Morgan fingerprint density at radius 1 is 1.12 bits per heavy atom. The molecule has 0 aliphatic rings. The van der Waals surface area contributed by atoms with E-state index in [1.807, 2.05) is 37.3 Å². The van der Waals surface area contributed by atoms with Crippen molar-refractivity contribution in [1.82, 2.24) is 9.55 Å². The van der Waals surface area contributed by atoms with E-state index in [4.69, 9.17) is 0 Å². The third kappa shape index (κ3) is 3.26. The average Bonchev–Trinajstić information content (AvgIpc) is 2.61. The van der Waals surface area contributed by atoms with E-state index in [1.165, 1.54) is 28.8 Å². The van der Waals surface area contributed by atoms with Gasteiger partial charge in [0.2, 0.25) is 5.95 Å². The van der Waals surface area contributed by atoms with Crippen LogP contribution in [0.1, 0.15) is 11.1 Å². The van der Waals surface area contributed by atoms with Gasteiger partial charge >= 0.3 is 0 Å². The number of aryl methyl sites for hydroxylation is 1. The van der Waals surface area contributed by atoms with Crippen molar-refractivity contribution in [3.8, 4) is 17.3 Å². The standard InChI is InChI=1S/C19H15FN4O/c1-12-3-9-15(10-4-12)22-19-23-17(13-5-7-14(20)8-6-13)16(11-21)18(25)24(19)2/h3-10H,1-2H3,(H,22,23). The first kappa shape index (κ1) is 16.4. The van der Waals surface area contributed by atoms with Crippen LogP contribution in [0.4, 0.5) is 16.0 Å². The maximum absolute atomic E-state index is 13.2. The van der Waals surface area contributed by atoms with Crippen LogP contribution in [0, 0.1) is 24.1 Å². The third-order valence-corrected chi connectivity index (χ3v) is 3.83. The van der Waals surface area contributed by atoms with Crippen LogP contribution in [0.25, 0.3) is 11.3 Å². The Bertz CT molecular complexity index is 1020. The molecule has 0 spiro atoms. The number of anilines is 2. The molecule has 5 nitrogen and oxygen atoms in total. The molecule has 124 valence electrons. The van der Waals surface area contributed by atoms with Gasteiger partial charge in [-0.25, -0.2) is 9.37 Å². The van der Waals surface area contributed by atoms with Crippen molar-refractivity contribution in [2.45, 2.75) is 6.92 Å². The van der Waals surface area contributed by atoms with Gasteiger partial charge in [0, 0.05) is 18.3 Å². The fraction of sp³-hybridized carbons (Fsp3) is 0.105. The lowest BCUT2D eigenvalue weighted by Gasteiger charge is -2.13. The van der Waals surface area contributed by atoms with Gasteiger partial charge in [-0.15, -0.1) is 0 Å². The number of benzene rings is 2. The third-order valence-electron chi connectivity index (χ3n) is 3.83. The molecule has 0 aliphatic carbocycles. The lowest BCUT2D eigenvalue weighted by molar-refractivity contribution is 0.628. The normalized spacial score (nSPS) is 10.3. The minimum atomic E-state index is -0.466. The number of nitrogens with one attached hydrogen (secondary N) is 1. The summed E-state index contributed by atoms with van der Waals surface area (Å²) in [4.78, 5) is 16.9. The molecular formula is C19H15FN4O. The van der Waals surface area contributed by atoms with Gasteiger partial charge in [-0.1, -0.05) is 17.7 Å². The largest absolute Gasteiger partial charge is 0.326 e. The molecule has 3 rings (SSSR count). The quantitative estimate of drug-likeness (QED) is 0.796. The summed E-state index contributed by atoms with van der Waals surface area (Å²) in [5.41, 5.74) is 2.06. The monoisotopic (exact) mass is 334 g/mol. The topological polar surface area (TPSA) is 70.7 Å². The number of nitrogens with zero attached hydrogens (tertiary/aromatic N) is 3. The van der Waals surface area contributed by atoms with E-state index in [0.29, 0.717) is 11.5 Å². The Morgan fingerprint density at radius 2 is 1.76 bits per heavy atom. The summed E-state index contributed by atoms with van der Waals surface area (Å²) in [5, 5.41) is 12.4. The molecule has 0 atom stereocenters. The van der Waals surface area contributed by atoms with Crippen LogP contribution in [0.2, 0.25) is 0 Å². The van der Waals surface area contributed by atoms with Crippen molar-refractivity contribution < 1.29 is 4.39 Å². The molecule has 0 saturated carbocycles. The van der Waals surface area contributed by atoms with Gasteiger partial charge in [0.1, 0.15) is 17.4 Å². The lowest BCUT2D eigenvalue weighted by atomic mass is 10.1. The molecule has 1 N–H and O–H groups in total. The fourth-order valence-electron chi connectivity index (χ4n) is 2.40. The molecule has 25 heavy (non-hydrogen) atoms. The fourth-order valence-corrected chi connectivity index (χ4v) is 2.40. The minimum absolute atomic E-state index is 0.0800. The Balaban J connectivity index is 2.14. The average molecular weight is 334 g/mol. The molecule has 1 aromatic heterocycles. The van der Waals surface area contributed by atoms with Crippen LogP contribution in [0.5, 0.6) is 0 Å². The van der Waals surface area contributed by atoms with Gasteiger partial charge in [-0.2, -0.15) is 5.26 Å². The SMILES string of the molecule is Cc1ccc(Nc2nc(-c3ccc(F)cc3)c(C#N)c(=O)n2C)cc1. The predicted molar refractivity (Wildman–Crippen MR) is 94.0 cm³/mol. The number of hydrogen-bond acceptors (Lipinski definition) is 4. The maximum Gasteiger partial charge on any atom is 0.273 e. The van der Waals surface area contributed by atoms with E-state index >= 15 is 0 Å². The second kappa shape index (κ2) is 6.57. The molecule has 0 radical (unpaired) electrons. The van der Waals surface area contributed by atoms with Crippen LogP contribution in [0.3, 0.4) is 0 Å². The van der Waals surface area contributed by atoms with Crippen LogP contribution >= 0.6 is 0 Å². The van der Waals surface area contributed by atoms with Crippen molar-refractivity contribution in [3.63, 3.8) is 0 Å². The maximum atomic E-state index is 13.2. The Hall–Kier alpha value is -3.46. The van der Waals surface area contributed by atoms with Crippen molar-refractivity contribution in [3.05, 3.63) is 75.8 Å². The molecule has 0 unspecified atom stereocenters. The molecule has 6 heteroatoms. The van der Waals surface area contributed by atoms with Crippen molar-refractivity contribution in [2.24, 2.45) is 7.05 Å². The molecule has 0 aliphatic heterocycles. The Morgan fingerprint density at radius 3 is 2.36 bits per heavy atom. The number of nitriles is 1. The highest BCUT2D eigenvalue weighted by Crippen LogP contribution is 2.22. The summed E-state index contributed by atoms with van der Waals surface area (Å²) in [6.45, 7) is 1.98. The summed E-state index contributed by atoms with van der Waals surface area (Å²) in [5.74, 6) is -0.101. The number of aromatic nitrogens is 2. The van der Waals surface area contributed by atoms with E-state index in [2.05, 4.69) is 10.3 Å². The minimum Gasteiger partial charge on any atom is -0.326 e. The molecule has 0 fully saturated rings. The second-order valence-corrected chi connectivity index (χ2v) is 5.63. The first-order valence-corrected chi connectivity index (χ1v) is 7.60. The highest BCUT2D eigenvalue weighted by atomic mass is 19.1. The number of halogens is 1. The van der Waals surface area contributed by atoms with Crippen LogP contribution in [-0.4, -0.2) is 9.55 Å². The van der Waals surface area contributed by atoms with Crippen LogP contribution < -0.4 is 10.9 Å². The molecule has 3 aromatic rings. The Labute approximate surface area is 144 Å². The zero-order valence-electron chi connectivity index (χ0n) is 13.7. The summed E-state index contributed by atoms with van der Waals surface area (Å²) in [7, 11) is 1.54. The summed E-state index contributed by atoms with van der Waals surface area (Å²) < 4.78 is 14.4. The predicted octanol–water partition coefficient (Wildman–Crippen LogP) is 3.51. The van der Waals surface area contributed by atoms with Gasteiger partial charge in [-0.3, -0.25) is 9.36 Å². The van der Waals surface area contributed by atoms with Gasteiger partial charge in [-0.05, 0) is 43.3 Å². The first-order valence-electron chi connectivity index (χ1n) is 7.60. The lowest BCUT2D eigenvalue weighted by Crippen LogP contribution is -2.24. The van der Waals surface area contributed by atoms with Gasteiger partial charge in [0.25, 0.3) is 5.56 Å². The molecule has 0 saturated heterocycles. The van der Waals surface area contributed by atoms with E-state index in [0.717, 1.165) is 11.3 Å². The Kier molecular flexibility index (Phi) is 4.31. The second-order valence-electron chi connectivity index (χ2n) is 5.63. The van der Waals surface area contributed by atoms with E-state index in [-0.39, 0.29) is 11.3 Å². The summed E-state index contributed by atoms with van der Waals surface area (Å²) >= 11 is 0. The zero-order valence-corrected chi connectivity index (χ0v) is 13.7. The van der Waals surface area contributed by atoms with E-state index in [1.54, 1.807) is 7.05 Å². The molecular weight excluding hydrogens is 319 g/mol. The van der Waals surface area contributed by atoms with Gasteiger partial charge in [0.05, 0.1) is 5.69 Å².